The summed E-state index contributed by atoms with van der Waals surface area (Å²) in [6.45, 7) is 0.574. The van der Waals surface area contributed by atoms with Crippen molar-refractivity contribution in [2.45, 2.75) is 50.1 Å². The number of halogens is 6. The van der Waals surface area contributed by atoms with Gasteiger partial charge in [0, 0.05) is 30.3 Å². The first kappa shape index (κ1) is 36.8. The molecule has 0 unspecified atom stereocenters. The molecule has 1 fully saturated rings. The highest BCUT2D eigenvalue weighted by atomic mass is 19.4. The van der Waals surface area contributed by atoms with Gasteiger partial charge in [0.1, 0.15) is 0 Å². The van der Waals surface area contributed by atoms with Crippen molar-refractivity contribution in [2.75, 3.05) is 13.1 Å². The Morgan fingerprint density at radius 3 is 2.00 bits per heavy atom. The lowest BCUT2D eigenvalue weighted by Crippen LogP contribution is -2.36. The molecule has 0 radical (unpaired) electrons. The normalized spacial score (nSPS) is 17.6. The number of alkyl halides is 6. The van der Waals surface area contributed by atoms with Gasteiger partial charge in [0.05, 0.1) is 12.1 Å². The van der Waals surface area contributed by atoms with Crippen molar-refractivity contribution in [1.82, 2.24) is 10.7 Å². The number of hydrazine groups is 1. The van der Waals surface area contributed by atoms with E-state index in [4.69, 9.17) is 36.8 Å². The highest BCUT2D eigenvalue weighted by Gasteiger charge is 2.39. The standard InChI is InChI=1S/C12H21N9O4.2C2HF3O2/c13-11(23)7(2-1-3-16-12(14)19-21(24)25)4-10(22)9-5-8(6-17-9)18-20-15;2*3-2(4,5)1(6)7/h7-9,17H,1-6H2,(H2,13,23)(H3,14,16,19);2*(H,6,7)/t7-,8+,9-;;/m1../s1. The zero-order chi connectivity index (χ0) is 31.0. The number of primary amides is 1. The number of hydrogen-bond acceptors (Lipinski definition) is 9. The maximum atomic E-state index is 12.2. The van der Waals surface area contributed by atoms with E-state index in [-0.39, 0.29) is 30.8 Å². The molecule has 0 aromatic rings. The minimum absolute atomic E-state index is 0.0255. The summed E-state index contributed by atoms with van der Waals surface area (Å²) >= 11 is 0. The summed E-state index contributed by atoms with van der Waals surface area (Å²) in [7, 11) is 0. The summed E-state index contributed by atoms with van der Waals surface area (Å²) < 4.78 is 63.5. The average Bonchev–Trinajstić information content (AvgIpc) is 3.23. The Bertz CT molecular complexity index is 929. The van der Waals surface area contributed by atoms with Gasteiger partial charge in [-0.3, -0.25) is 9.59 Å². The molecule has 0 aromatic heterocycles. The van der Waals surface area contributed by atoms with Gasteiger partial charge in [-0.15, -0.1) is 0 Å². The lowest BCUT2D eigenvalue weighted by atomic mass is 9.93. The molecule has 39 heavy (non-hydrogen) atoms. The molecule has 1 heterocycles. The number of guanidine groups is 1. The quantitative estimate of drug-likeness (QED) is 0.0233. The van der Waals surface area contributed by atoms with Gasteiger partial charge in [-0.25, -0.2) is 24.7 Å². The molecule has 0 spiro atoms. The summed E-state index contributed by atoms with van der Waals surface area (Å²) in [5, 5.41) is 30.1. The molecule has 17 nitrogen and oxygen atoms in total. The van der Waals surface area contributed by atoms with Crippen LogP contribution in [-0.2, 0) is 19.2 Å². The highest BCUT2D eigenvalue weighted by Crippen LogP contribution is 2.18. The van der Waals surface area contributed by atoms with E-state index in [1.165, 1.54) is 0 Å². The Kier molecular flexibility index (Phi) is 16.2. The van der Waals surface area contributed by atoms with Crippen LogP contribution >= 0.6 is 0 Å². The van der Waals surface area contributed by atoms with Crippen LogP contribution in [0.4, 0.5) is 26.3 Å². The highest BCUT2D eigenvalue weighted by molar-refractivity contribution is 5.89. The molecule has 1 aliphatic rings. The van der Waals surface area contributed by atoms with E-state index in [1.807, 2.05) is 0 Å². The van der Waals surface area contributed by atoms with Crippen LogP contribution in [0.3, 0.4) is 0 Å². The summed E-state index contributed by atoms with van der Waals surface area (Å²) in [6, 6.07) is -0.743. The van der Waals surface area contributed by atoms with Gasteiger partial charge >= 0.3 is 24.3 Å². The first-order valence-corrected chi connectivity index (χ1v) is 10.1. The Balaban J connectivity index is 0. The first-order valence-electron chi connectivity index (χ1n) is 10.1. The SMILES string of the molecule is O=C(O)C(F)(F)F.O=C(O)C(F)(F)F.[N-]=[N+]=N[C@@H]1CN[C@@H](C(=O)C[C@@H](CCCN=C(N)N[N+](=O)[O-])C(N)=O)C1. The van der Waals surface area contributed by atoms with E-state index >= 15 is 0 Å². The average molecular weight is 583 g/mol. The molecular formula is C16H23F6N9O8. The predicted octanol–water partition coefficient (Wildman–Crippen LogP) is 0.231. The van der Waals surface area contributed by atoms with E-state index in [1.54, 1.807) is 5.43 Å². The largest absolute Gasteiger partial charge is 0.490 e. The number of amides is 1. The fourth-order valence-electron chi connectivity index (χ4n) is 2.52. The Morgan fingerprint density at radius 2 is 1.62 bits per heavy atom. The second kappa shape index (κ2) is 17.2. The van der Waals surface area contributed by atoms with Crippen molar-refractivity contribution in [3.63, 3.8) is 0 Å². The summed E-state index contributed by atoms with van der Waals surface area (Å²) in [4.78, 5) is 58.1. The molecule has 1 rings (SSSR count). The molecular weight excluding hydrogens is 560 g/mol. The molecule has 1 aliphatic heterocycles. The van der Waals surface area contributed by atoms with E-state index in [2.05, 4.69) is 20.3 Å². The number of nitrogens with zero attached hydrogens (tertiary/aromatic N) is 5. The molecule has 0 aliphatic carbocycles. The molecule has 23 heteroatoms. The third-order valence-corrected chi connectivity index (χ3v) is 4.24. The molecule has 3 atom stereocenters. The zero-order valence-electron chi connectivity index (χ0n) is 19.5. The van der Waals surface area contributed by atoms with Crippen molar-refractivity contribution in [1.29, 1.82) is 0 Å². The predicted molar refractivity (Wildman–Crippen MR) is 115 cm³/mol. The van der Waals surface area contributed by atoms with Gasteiger partial charge in [0.25, 0.3) is 5.96 Å². The maximum absolute atomic E-state index is 12.2. The number of carbonyl (C=O) groups excluding carboxylic acids is 2. The third kappa shape index (κ3) is 18.5. The zero-order valence-corrected chi connectivity index (χ0v) is 19.5. The number of carboxylic acids is 2. The van der Waals surface area contributed by atoms with Crippen molar-refractivity contribution in [3.8, 4) is 0 Å². The van der Waals surface area contributed by atoms with Gasteiger partial charge < -0.3 is 27.0 Å². The van der Waals surface area contributed by atoms with Crippen LogP contribution < -0.4 is 22.2 Å². The van der Waals surface area contributed by atoms with Gasteiger partial charge in [-0.05, 0) is 24.8 Å². The molecule has 222 valence electrons. The number of nitro groups is 1. The summed E-state index contributed by atoms with van der Waals surface area (Å²) in [6.07, 6.45) is -9.10. The topological polar surface area (TPSA) is 289 Å². The maximum Gasteiger partial charge on any atom is 0.490 e. The van der Waals surface area contributed by atoms with Crippen LogP contribution in [0.25, 0.3) is 10.4 Å². The number of aliphatic carboxylic acids is 2. The number of nitrogens with two attached hydrogens (primary N) is 2. The number of hydrogen-bond donors (Lipinski definition) is 6. The lowest BCUT2D eigenvalue weighted by Gasteiger charge is -2.15. The number of azide groups is 1. The Morgan fingerprint density at radius 1 is 1.13 bits per heavy atom. The number of nitrogens with one attached hydrogen (secondary N) is 2. The number of aliphatic imine (C=N–C) groups is 1. The second-order valence-electron chi connectivity index (χ2n) is 7.21. The van der Waals surface area contributed by atoms with Gasteiger partial charge in [0.15, 0.2) is 10.8 Å². The van der Waals surface area contributed by atoms with Crippen molar-refractivity contribution < 1.29 is 60.8 Å². The van der Waals surface area contributed by atoms with Crippen molar-refractivity contribution >= 4 is 29.6 Å². The van der Waals surface area contributed by atoms with E-state index < -0.39 is 47.2 Å². The monoisotopic (exact) mass is 583 g/mol. The fraction of sp³-hybridized carbons (Fsp3) is 0.688. The second-order valence-corrected chi connectivity index (χ2v) is 7.21. The molecule has 8 N–H and O–H groups in total. The Hall–Kier alpha value is -4.40. The summed E-state index contributed by atoms with van der Waals surface area (Å²) in [5.41, 5.74) is 20.7. The fourth-order valence-corrected chi connectivity index (χ4v) is 2.52. The summed E-state index contributed by atoms with van der Waals surface area (Å²) in [5.74, 6) is -7.28. The Labute approximate surface area is 213 Å². The van der Waals surface area contributed by atoms with Gasteiger partial charge in [-0.1, -0.05) is 10.5 Å². The number of rotatable bonds is 10. The molecule has 0 saturated carbocycles. The van der Waals surface area contributed by atoms with E-state index in [0.717, 1.165) is 0 Å². The minimum Gasteiger partial charge on any atom is -0.475 e. The lowest BCUT2D eigenvalue weighted by molar-refractivity contribution is -0.525. The molecule has 0 aromatic carbocycles. The molecule has 1 saturated heterocycles. The van der Waals surface area contributed by atoms with Crippen LogP contribution in [0.2, 0.25) is 0 Å². The van der Waals surface area contributed by atoms with Crippen LogP contribution in [0.1, 0.15) is 25.7 Å². The molecule has 0 bridgehead atoms. The van der Waals surface area contributed by atoms with Crippen molar-refractivity contribution in [2.24, 2.45) is 27.5 Å². The van der Waals surface area contributed by atoms with Crippen LogP contribution in [0, 0.1) is 16.0 Å². The van der Waals surface area contributed by atoms with E-state index in [0.29, 0.717) is 25.8 Å². The first-order chi connectivity index (χ1) is 17.7. The van der Waals surface area contributed by atoms with Crippen LogP contribution in [0.5, 0.6) is 0 Å². The van der Waals surface area contributed by atoms with Crippen LogP contribution in [0.15, 0.2) is 10.1 Å². The van der Waals surface area contributed by atoms with E-state index in [9.17, 15) is 46.0 Å². The third-order valence-electron chi connectivity index (χ3n) is 4.24. The van der Waals surface area contributed by atoms with Crippen molar-refractivity contribution in [3.05, 3.63) is 20.6 Å². The number of Topliss-reactive ketones (excluding diaryl/α,β-unsaturated/α-hetero) is 1. The minimum atomic E-state index is -5.08. The smallest absolute Gasteiger partial charge is 0.475 e. The number of carbonyl (C=O) groups is 4. The van der Waals surface area contributed by atoms with Crippen LogP contribution in [-0.4, -0.2) is 82.4 Å². The van der Waals surface area contributed by atoms with Gasteiger partial charge in [-0.2, -0.15) is 26.3 Å². The van der Waals surface area contributed by atoms with Gasteiger partial charge in [0.2, 0.25) is 5.91 Å². The number of ketones is 1. The number of carboxylic acid groups (broad SMARTS) is 2. The molecule has 1 amide bonds.